The molecule has 2 aromatic carbocycles. The zero-order valence-electron chi connectivity index (χ0n) is 14.7. The number of benzene rings is 2. The summed E-state index contributed by atoms with van der Waals surface area (Å²) in [6.07, 6.45) is 1.51. The number of furan rings is 1. The van der Waals surface area contributed by atoms with E-state index in [0.717, 1.165) is 0 Å². The topological polar surface area (TPSA) is 88.6 Å². The normalized spacial score (nSPS) is 15.1. The third-order valence-electron chi connectivity index (χ3n) is 4.24. The molecule has 1 aliphatic heterocycles. The maximum Gasteiger partial charge on any atom is 0.281 e. The van der Waals surface area contributed by atoms with Gasteiger partial charge >= 0.3 is 0 Å². The van der Waals surface area contributed by atoms with E-state index in [1.54, 1.807) is 24.3 Å². The van der Waals surface area contributed by atoms with Crippen LogP contribution in [0.5, 0.6) is 0 Å². The van der Waals surface area contributed by atoms with Crippen molar-refractivity contribution in [3.8, 4) is 11.3 Å². The van der Waals surface area contributed by atoms with E-state index >= 15 is 0 Å². The number of amides is 1. The van der Waals surface area contributed by atoms with Crippen LogP contribution in [0.2, 0.25) is 0 Å². The minimum Gasteiger partial charge on any atom is -0.457 e. The van der Waals surface area contributed by atoms with Gasteiger partial charge in [0.1, 0.15) is 23.0 Å². The molecule has 1 N–H and O–H groups in total. The summed E-state index contributed by atoms with van der Waals surface area (Å²) in [7, 11) is 0. The fourth-order valence-electron chi connectivity index (χ4n) is 2.83. The van der Waals surface area contributed by atoms with Gasteiger partial charge in [-0.15, -0.1) is 0 Å². The van der Waals surface area contributed by atoms with Crippen LogP contribution < -0.4 is 10.2 Å². The largest absolute Gasteiger partial charge is 0.457 e. The van der Waals surface area contributed by atoms with E-state index in [1.807, 2.05) is 0 Å². The molecule has 0 aliphatic carbocycles. The summed E-state index contributed by atoms with van der Waals surface area (Å²) in [4.78, 5) is 24.2. The Labute approximate surface area is 169 Å². The number of thiocarbonyl (C=S) groups is 1. The summed E-state index contributed by atoms with van der Waals surface area (Å²) < 4.78 is 18.8. The lowest BCUT2D eigenvalue weighted by Crippen LogP contribution is -2.30. The molecule has 3 aromatic rings. The number of carbonyl (C=O) groups excluding carboxylic acids is 1. The molecule has 1 fully saturated rings. The molecule has 29 heavy (non-hydrogen) atoms. The standard InChI is InChI=1S/C20H12FN3O4S/c21-13-3-7-14(8-4-13)23-19(25)17(22-20(23)29)11-16-9-10-18(28-16)12-1-5-15(6-2-12)24(26)27/h1-11H,(H,22,29)/b17-11+. The minimum atomic E-state index is -0.477. The highest BCUT2D eigenvalue weighted by atomic mass is 32.1. The Hall–Kier alpha value is -3.85. The van der Waals surface area contributed by atoms with Crippen LogP contribution in [0.1, 0.15) is 5.76 Å². The number of anilines is 1. The van der Waals surface area contributed by atoms with Gasteiger partial charge in [0.15, 0.2) is 5.11 Å². The van der Waals surface area contributed by atoms with Crippen LogP contribution >= 0.6 is 12.2 Å². The zero-order chi connectivity index (χ0) is 20.5. The first-order valence-electron chi connectivity index (χ1n) is 8.40. The molecular weight excluding hydrogens is 397 g/mol. The molecule has 0 bridgehead atoms. The van der Waals surface area contributed by atoms with Crippen LogP contribution in [0.3, 0.4) is 0 Å². The molecule has 0 unspecified atom stereocenters. The molecule has 144 valence electrons. The van der Waals surface area contributed by atoms with Crippen LogP contribution in [0, 0.1) is 15.9 Å². The Balaban J connectivity index is 1.57. The smallest absolute Gasteiger partial charge is 0.281 e. The first-order chi connectivity index (χ1) is 13.9. The van der Waals surface area contributed by atoms with E-state index in [2.05, 4.69) is 5.32 Å². The van der Waals surface area contributed by atoms with Crippen LogP contribution in [0.15, 0.2) is 70.8 Å². The summed E-state index contributed by atoms with van der Waals surface area (Å²) in [6, 6.07) is 14.7. The lowest BCUT2D eigenvalue weighted by Gasteiger charge is -2.13. The average Bonchev–Trinajstić information content (AvgIpc) is 3.28. The summed E-state index contributed by atoms with van der Waals surface area (Å²) >= 11 is 5.21. The van der Waals surface area contributed by atoms with Gasteiger partial charge in [0.25, 0.3) is 11.6 Å². The van der Waals surface area contributed by atoms with Crippen molar-refractivity contribution in [3.05, 3.63) is 88.1 Å². The van der Waals surface area contributed by atoms with Crippen molar-refractivity contribution in [1.82, 2.24) is 5.32 Å². The number of nitro groups is 1. The van der Waals surface area contributed by atoms with Crippen molar-refractivity contribution >= 4 is 40.7 Å². The van der Waals surface area contributed by atoms with Gasteiger partial charge in [0.05, 0.1) is 10.6 Å². The molecule has 0 atom stereocenters. The van der Waals surface area contributed by atoms with E-state index in [1.165, 1.54) is 47.4 Å². The summed E-state index contributed by atoms with van der Waals surface area (Å²) in [5, 5.41) is 13.8. The van der Waals surface area contributed by atoms with Crippen molar-refractivity contribution in [2.45, 2.75) is 0 Å². The Kier molecular flexibility index (Phi) is 4.65. The number of hydrogen-bond donors (Lipinski definition) is 1. The first-order valence-corrected chi connectivity index (χ1v) is 8.80. The van der Waals surface area contributed by atoms with Gasteiger partial charge in [-0.05, 0) is 60.7 Å². The highest BCUT2D eigenvalue weighted by molar-refractivity contribution is 7.80. The number of hydrogen-bond acceptors (Lipinski definition) is 5. The maximum atomic E-state index is 13.1. The number of non-ortho nitro benzene ring substituents is 1. The van der Waals surface area contributed by atoms with Gasteiger partial charge in [0.2, 0.25) is 0 Å². The van der Waals surface area contributed by atoms with Gasteiger partial charge in [-0.3, -0.25) is 19.8 Å². The van der Waals surface area contributed by atoms with Crippen molar-refractivity contribution in [2.75, 3.05) is 4.90 Å². The van der Waals surface area contributed by atoms with Gasteiger partial charge in [-0.25, -0.2) is 4.39 Å². The molecule has 4 rings (SSSR count). The van der Waals surface area contributed by atoms with Gasteiger partial charge in [-0.1, -0.05) is 0 Å². The van der Waals surface area contributed by atoms with E-state index in [-0.39, 0.29) is 16.5 Å². The zero-order valence-corrected chi connectivity index (χ0v) is 15.5. The highest BCUT2D eigenvalue weighted by Gasteiger charge is 2.32. The molecule has 1 aliphatic rings. The molecule has 1 amide bonds. The molecule has 0 radical (unpaired) electrons. The molecule has 9 heteroatoms. The third-order valence-corrected chi connectivity index (χ3v) is 4.52. The van der Waals surface area contributed by atoms with Crippen molar-refractivity contribution < 1.29 is 18.5 Å². The quantitative estimate of drug-likeness (QED) is 0.300. The second kappa shape index (κ2) is 7.28. The van der Waals surface area contributed by atoms with E-state index in [4.69, 9.17) is 16.6 Å². The van der Waals surface area contributed by atoms with Crippen LogP contribution in [-0.2, 0) is 4.79 Å². The Bertz CT molecular complexity index is 1150. The predicted octanol–water partition coefficient (Wildman–Crippen LogP) is 4.26. The lowest BCUT2D eigenvalue weighted by molar-refractivity contribution is -0.384. The highest BCUT2D eigenvalue weighted by Crippen LogP contribution is 2.27. The second-order valence-corrected chi connectivity index (χ2v) is 6.50. The van der Waals surface area contributed by atoms with Crippen LogP contribution in [0.4, 0.5) is 15.8 Å². The molecule has 1 aromatic heterocycles. The van der Waals surface area contributed by atoms with E-state index in [9.17, 15) is 19.3 Å². The van der Waals surface area contributed by atoms with Crippen molar-refractivity contribution in [2.24, 2.45) is 0 Å². The number of rotatable bonds is 4. The summed E-state index contributed by atoms with van der Waals surface area (Å²) in [6.45, 7) is 0. The SMILES string of the molecule is O=C1/C(=C\c2ccc(-c3ccc([N+](=O)[O-])cc3)o2)NC(=S)N1c1ccc(F)cc1. The third kappa shape index (κ3) is 3.63. The Morgan fingerprint density at radius 2 is 1.76 bits per heavy atom. The number of halogens is 1. The van der Waals surface area contributed by atoms with Gasteiger partial charge in [-0.2, -0.15) is 0 Å². The molecule has 0 spiro atoms. The molecular formula is C20H12FN3O4S. The Morgan fingerprint density at radius 1 is 1.07 bits per heavy atom. The fourth-order valence-corrected chi connectivity index (χ4v) is 3.13. The van der Waals surface area contributed by atoms with E-state index < -0.39 is 16.6 Å². The van der Waals surface area contributed by atoms with Crippen molar-refractivity contribution in [3.63, 3.8) is 0 Å². The fraction of sp³-hybridized carbons (Fsp3) is 0. The maximum absolute atomic E-state index is 13.1. The molecule has 7 nitrogen and oxygen atoms in total. The van der Waals surface area contributed by atoms with Gasteiger partial charge in [0, 0.05) is 23.8 Å². The molecule has 2 heterocycles. The first kappa shape index (κ1) is 18.5. The van der Waals surface area contributed by atoms with E-state index in [0.29, 0.717) is 22.8 Å². The van der Waals surface area contributed by atoms with Crippen molar-refractivity contribution in [1.29, 1.82) is 0 Å². The summed E-state index contributed by atoms with van der Waals surface area (Å²) in [5.41, 5.74) is 1.31. The minimum absolute atomic E-state index is 0.0159. The molecule has 1 saturated heterocycles. The number of nitrogens with zero attached hydrogens (tertiary/aromatic N) is 2. The predicted molar refractivity (Wildman–Crippen MR) is 108 cm³/mol. The molecule has 0 saturated carbocycles. The lowest BCUT2D eigenvalue weighted by atomic mass is 10.1. The van der Waals surface area contributed by atoms with Gasteiger partial charge < -0.3 is 9.73 Å². The van der Waals surface area contributed by atoms with Crippen LogP contribution in [-0.4, -0.2) is 15.9 Å². The second-order valence-electron chi connectivity index (χ2n) is 6.11. The number of carbonyl (C=O) groups is 1. The number of nitrogens with one attached hydrogen (secondary N) is 1. The average molecular weight is 409 g/mol. The monoisotopic (exact) mass is 409 g/mol. The van der Waals surface area contributed by atoms with Crippen LogP contribution in [0.25, 0.3) is 17.4 Å². The Morgan fingerprint density at radius 3 is 2.41 bits per heavy atom. The number of nitro benzene ring substituents is 1. The summed E-state index contributed by atoms with van der Waals surface area (Å²) in [5.74, 6) is 0.0902.